The van der Waals surface area contributed by atoms with Gasteiger partial charge in [0.2, 0.25) is 5.75 Å². The number of ether oxygens (including phenoxy) is 1. The third-order valence-electron chi connectivity index (χ3n) is 5.71. The van der Waals surface area contributed by atoms with Gasteiger partial charge < -0.3 is 4.74 Å². The van der Waals surface area contributed by atoms with Crippen LogP contribution in [0.3, 0.4) is 0 Å². The van der Waals surface area contributed by atoms with Crippen LogP contribution >= 0.6 is 24.0 Å². The van der Waals surface area contributed by atoms with Crippen LogP contribution in [0.25, 0.3) is 16.8 Å². The largest absolute Gasteiger partial charge is 0.449 e. The standard InChI is InChI=1S/C27H15F3N2O4S2/c28-27(29,30)18-12-13-23(21(15-18)32(34)35)36-22-11-4-2-7-17(22)14-24-25(33)31(26(37)38-24)20-10-5-8-16-6-1-3-9-19(16)20/h1-15H/b24-14-. The predicted octanol–water partition coefficient (Wildman–Crippen LogP) is 7.96. The molecule has 0 radical (unpaired) electrons. The Morgan fingerprint density at radius 1 is 0.947 bits per heavy atom. The Labute approximate surface area is 223 Å². The number of carbonyl (C=O) groups is 1. The lowest BCUT2D eigenvalue weighted by Gasteiger charge is -2.17. The summed E-state index contributed by atoms with van der Waals surface area (Å²) < 4.78 is 45.2. The number of anilines is 1. The Balaban J connectivity index is 1.50. The van der Waals surface area contributed by atoms with Crippen molar-refractivity contribution in [2.24, 2.45) is 0 Å². The van der Waals surface area contributed by atoms with Crippen molar-refractivity contribution in [3.63, 3.8) is 0 Å². The molecule has 1 fully saturated rings. The number of fused-ring (bicyclic) bond motifs is 1. The van der Waals surface area contributed by atoms with E-state index in [1.165, 1.54) is 17.0 Å². The number of alkyl halides is 3. The summed E-state index contributed by atoms with van der Waals surface area (Å²) >= 11 is 6.60. The van der Waals surface area contributed by atoms with Crippen molar-refractivity contribution in [2.45, 2.75) is 6.18 Å². The fourth-order valence-electron chi connectivity index (χ4n) is 3.95. The molecule has 4 aromatic rings. The molecule has 1 aliphatic rings. The van der Waals surface area contributed by atoms with Gasteiger partial charge in [0.05, 0.1) is 21.1 Å². The normalized spacial score (nSPS) is 14.9. The average Bonchev–Trinajstić information content (AvgIpc) is 3.16. The zero-order valence-corrected chi connectivity index (χ0v) is 20.8. The molecular formula is C27H15F3N2O4S2. The second-order valence-corrected chi connectivity index (χ2v) is 9.77. The molecule has 0 aromatic heterocycles. The van der Waals surface area contributed by atoms with Crippen molar-refractivity contribution < 1.29 is 27.6 Å². The summed E-state index contributed by atoms with van der Waals surface area (Å²) in [6.07, 6.45) is -3.21. The number of nitrogens with zero attached hydrogens (tertiary/aromatic N) is 2. The molecule has 4 aromatic carbocycles. The summed E-state index contributed by atoms with van der Waals surface area (Å²) in [6.45, 7) is 0. The zero-order valence-electron chi connectivity index (χ0n) is 19.1. The second-order valence-electron chi connectivity index (χ2n) is 8.09. The summed E-state index contributed by atoms with van der Waals surface area (Å²) in [6, 6.07) is 21.6. The van der Waals surface area contributed by atoms with Crippen LogP contribution in [0, 0.1) is 10.1 Å². The van der Waals surface area contributed by atoms with Gasteiger partial charge in [-0.3, -0.25) is 19.8 Å². The van der Waals surface area contributed by atoms with Gasteiger partial charge in [0.25, 0.3) is 5.91 Å². The number of para-hydroxylation sites is 1. The number of carbonyl (C=O) groups excluding carboxylic acids is 1. The highest BCUT2D eigenvalue weighted by atomic mass is 32.2. The van der Waals surface area contributed by atoms with Gasteiger partial charge in [-0.2, -0.15) is 13.2 Å². The van der Waals surface area contributed by atoms with Gasteiger partial charge in [-0.25, -0.2) is 0 Å². The lowest BCUT2D eigenvalue weighted by Crippen LogP contribution is -2.27. The number of thioether (sulfide) groups is 1. The third kappa shape index (κ3) is 4.85. The van der Waals surface area contributed by atoms with E-state index in [-0.39, 0.29) is 17.4 Å². The van der Waals surface area contributed by atoms with Crippen molar-refractivity contribution >= 4 is 62.4 Å². The minimum atomic E-state index is -4.75. The van der Waals surface area contributed by atoms with Crippen molar-refractivity contribution in [3.05, 3.63) is 111 Å². The lowest BCUT2D eigenvalue weighted by atomic mass is 10.1. The minimum Gasteiger partial charge on any atom is -0.449 e. The van der Waals surface area contributed by atoms with Crippen molar-refractivity contribution in [2.75, 3.05) is 4.90 Å². The van der Waals surface area contributed by atoms with E-state index in [4.69, 9.17) is 17.0 Å². The van der Waals surface area contributed by atoms with Gasteiger partial charge in [0.1, 0.15) is 5.75 Å². The van der Waals surface area contributed by atoms with Crippen LogP contribution in [0.4, 0.5) is 24.5 Å². The van der Waals surface area contributed by atoms with Crippen LogP contribution < -0.4 is 9.64 Å². The summed E-state index contributed by atoms with van der Waals surface area (Å²) in [5.41, 5.74) is -0.974. The molecule has 11 heteroatoms. The van der Waals surface area contributed by atoms with Crippen molar-refractivity contribution in [3.8, 4) is 11.5 Å². The molecule has 1 saturated heterocycles. The molecule has 0 spiro atoms. The number of nitro groups is 1. The molecule has 0 bridgehead atoms. The highest BCUT2D eigenvalue weighted by molar-refractivity contribution is 8.27. The van der Waals surface area contributed by atoms with Gasteiger partial charge in [-0.15, -0.1) is 0 Å². The molecule has 0 saturated carbocycles. The van der Waals surface area contributed by atoms with Crippen LogP contribution in [0.2, 0.25) is 0 Å². The summed E-state index contributed by atoms with van der Waals surface area (Å²) in [7, 11) is 0. The fourth-order valence-corrected chi connectivity index (χ4v) is 5.23. The molecule has 38 heavy (non-hydrogen) atoms. The Kier molecular flexibility index (Phi) is 6.64. The number of benzene rings is 4. The third-order valence-corrected chi connectivity index (χ3v) is 7.01. The first-order chi connectivity index (χ1) is 18.1. The first kappa shape index (κ1) is 25.4. The van der Waals surface area contributed by atoms with E-state index in [0.29, 0.717) is 32.6 Å². The first-order valence-corrected chi connectivity index (χ1v) is 12.2. The van der Waals surface area contributed by atoms with Crippen LogP contribution in [0.1, 0.15) is 11.1 Å². The van der Waals surface area contributed by atoms with Crippen LogP contribution in [-0.2, 0) is 11.0 Å². The van der Waals surface area contributed by atoms with Crippen LogP contribution in [0.15, 0.2) is 89.8 Å². The number of rotatable bonds is 5. The Hall–Kier alpha value is -4.22. The highest BCUT2D eigenvalue weighted by Gasteiger charge is 2.35. The van der Waals surface area contributed by atoms with E-state index in [0.717, 1.165) is 28.6 Å². The van der Waals surface area contributed by atoms with Gasteiger partial charge in [0, 0.05) is 17.0 Å². The number of hydrogen-bond acceptors (Lipinski definition) is 6. The molecule has 1 aliphatic heterocycles. The molecule has 0 N–H and O–H groups in total. The monoisotopic (exact) mass is 552 g/mol. The smallest absolute Gasteiger partial charge is 0.416 e. The molecule has 0 unspecified atom stereocenters. The topological polar surface area (TPSA) is 72.7 Å². The van der Waals surface area contributed by atoms with Gasteiger partial charge in [0.15, 0.2) is 4.32 Å². The Morgan fingerprint density at radius 2 is 1.66 bits per heavy atom. The molecule has 5 rings (SSSR count). The maximum absolute atomic E-state index is 13.4. The first-order valence-electron chi connectivity index (χ1n) is 11.0. The molecule has 1 heterocycles. The number of halogens is 3. The zero-order chi connectivity index (χ0) is 27.0. The number of hydrogen-bond donors (Lipinski definition) is 0. The van der Waals surface area contributed by atoms with Gasteiger partial charge in [-0.05, 0) is 35.7 Å². The predicted molar refractivity (Wildman–Crippen MR) is 144 cm³/mol. The Morgan fingerprint density at radius 3 is 2.42 bits per heavy atom. The SMILES string of the molecule is O=C1/C(=C/c2ccccc2Oc2ccc(C(F)(F)F)cc2[N+](=O)[O-])SC(=S)N1c1cccc2ccccc12. The summed E-state index contributed by atoms with van der Waals surface area (Å²) in [5, 5.41) is 13.3. The number of thiocarbonyl (C=S) groups is 1. The summed E-state index contributed by atoms with van der Waals surface area (Å²) in [5.74, 6) is -0.607. The molecule has 0 aliphatic carbocycles. The fraction of sp³-hybridized carbons (Fsp3) is 0.0370. The van der Waals surface area contributed by atoms with Gasteiger partial charge in [-0.1, -0.05) is 78.6 Å². The van der Waals surface area contributed by atoms with Gasteiger partial charge >= 0.3 is 11.9 Å². The highest BCUT2D eigenvalue weighted by Crippen LogP contribution is 2.41. The molecule has 1 amide bonds. The van der Waals surface area contributed by atoms with E-state index >= 15 is 0 Å². The maximum atomic E-state index is 13.4. The van der Waals surface area contributed by atoms with E-state index in [1.807, 2.05) is 36.4 Å². The molecular weight excluding hydrogens is 537 g/mol. The average molecular weight is 553 g/mol. The lowest BCUT2D eigenvalue weighted by molar-refractivity contribution is -0.385. The number of amides is 1. The quantitative estimate of drug-likeness (QED) is 0.108. The summed E-state index contributed by atoms with van der Waals surface area (Å²) in [4.78, 5) is 25.7. The maximum Gasteiger partial charge on any atom is 0.416 e. The van der Waals surface area contributed by atoms with E-state index in [1.54, 1.807) is 24.3 Å². The molecule has 6 nitrogen and oxygen atoms in total. The second kappa shape index (κ2) is 9.92. The molecule has 0 atom stereocenters. The van der Waals surface area contributed by atoms with Crippen molar-refractivity contribution in [1.29, 1.82) is 0 Å². The van der Waals surface area contributed by atoms with E-state index in [9.17, 15) is 28.1 Å². The molecule has 190 valence electrons. The van der Waals surface area contributed by atoms with Crippen molar-refractivity contribution in [1.82, 2.24) is 0 Å². The van der Waals surface area contributed by atoms with E-state index in [2.05, 4.69) is 0 Å². The minimum absolute atomic E-state index is 0.116. The van der Waals surface area contributed by atoms with E-state index < -0.39 is 22.4 Å². The van der Waals surface area contributed by atoms with Crippen LogP contribution in [-0.4, -0.2) is 15.2 Å². The number of nitro benzene ring substituents is 1. The Bertz CT molecular complexity index is 1650. The van der Waals surface area contributed by atoms with Crippen LogP contribution in [0.5, 0.6) is 11.5 Å².